The van der Waals surface area contributed by atoms with Crippen molar-refractivity contribution in [2.24, 2.45) is 5.73 Å². The summed E-state index contributed by atoms with van der Waals surface area (Å²) in [5, 5.41) is 0. The Bertz CT molecular complexity index is 394. The fourth-order valence-electron chi connectivity index (χ4n) is 2.80. The molecule has 1 aromatic carbocycles. The molecule has 3 nitrogen and oxygen atoms in total. The van der Waals surface area contributed by atoms with Gasteiger partial charge in [-0.1, -0.05) is 31.2 Å². The maximum atomic E-state index is 6.33. The second-order valence-electron chi connectivity index (χ2n) is 5.23. The third-order valence-electron chi connectivity index (χ3n) is 3.68. The van der Waals surface area contributed by atoms with Gasteiger partial charge in [-0.25, -0.2) is 0 Å². The molecule has 0 bridgehead atoms. The van der Waals surface area contributed by atoms with E-state index in [2.05, 4.69) is 25.1 Å². The van der Waals surface area contributed by atoms with Gasteiger partial charge >= 0.3 is 0 Å². The molecule has 0 amide bonds. The first-order chi connectivity index (χ1) is 8.63. The Hall–Kier alpha value is -0.900. The minimum atomic E-state index is -0.0308. The van der Waals surface area contributed by atoms with E-state index in [0.717, 1.165) is 6.42 Å². The molecule has 18 heavy (non-hydrogen) atoms. The molecule has 0 heterocycles. The van der Waals surface area contributed by atoms with Crippen molar-refractivity contribution in [3.05, 3.63) is 35.4 Å². The predicted molar refractivity (Wildman–Crippen MR) is 72.6 cm³/mol. The predicted octanol–water partition coefficient (Wildman–Crippen LogP) is 2.61. The highest BCUT2D eigenvalue weighted by atomic mass is 16.5. The molecule has 0 saturated carbocycles. The van der Waals surface area contributed by atoms with Crippen LogP contribution in [0.4, 0.5) is 0 Å². The molecule has 1 aromatic rings. The third kappa shape index (κ3) is 2.74. The summed E-state index contributed by atoms with van der Waals surface area (Å²) >= 11 is 0. The van der Waals surface area contributed by atoms with E-state index in [1.54, 1.807) is 7.11 Å². The van der Waals surface area contributed by atoms with Crippen molar-refractivity contribution in [3.63, 3.8) is 0 Å². The maximum absolute atomic E-state index is 6.33. The first kappa shape index (κ1) is 13.5. The normalized spacial score (nSPS) is 28.8. The third-order valence-corrected chi connectivity index (χ3v) is 3.68. The quantitative estimate of drug-likeness (QED) is 0.892. The van der Waals surface area contributed by atoms with Crippen LogP contribution in [0.5, 0.6) is 0 Å². The van der Waals surface area contributed by atoms with Gasteiger partial charge < -0.3 is 15.2 Å². The molecule has 0 saturated heterocycles. The summed E-state index contributed by atoms with van der Waals surface area (Å²) in [7, 11) is 1.69. The Morgan fingerprint density at radius 2 is 2.00 bits per heavy atom. The van der Waals surface area contributed by atoms with Gasteiger partial charge in [-0.15, -0.1) is 0 Å². The van der Waals surface area contributed by atoms with Crippen LogP contribution >= 0.6 is 0 Å². The van der Waals surface area contributed by atoms with Gasteiger partial charge in [0.05, 0.1) is 24.9 Å². The van der Waals surface area contributed by atoms with Crippen LogP contribution in [0.3, 0.4) is 0 Å². The zero-order valence-electron chi connectivity index (χ0n) is 11.4. The number of hydrogen-bond acceptors (Lipinski definition) is 3. The summed E-state index contributed by atoms with van der Waals surface area (Å²) in [6, 6.07) is 8.39. The number of nitrogens with two attached hydrogens (primary N) is 1. The summed E-state index contributed by atoms with van der Waals surface area (Å²) in [6.07, 6.45) is 1.15. The van der Waals surface area contributed by atoms with Crippen LogP contribution in [0.2, 0.25) is 0 Å². The zero-order valence-corrected chi connectivity index (χ0v) is 11.4. The largest absolute Gasteiger partial charge is 0.382 e. The van der Waals surface area contributed by atoms with Crippen molar-refractivity contribution in [3.8, 4) is 0 Å². The Morgan fingerprint density at radius 3 is 2.67 bits per heavy atom. The maximum Gasteiger partial charge on any atom is 0.0785 e. The van der Waals surface area contributed by atoms with E-state index in [4.69, 9.17) is 15.2 Å². The molecule has 2 N–H and O–H groups in total. The Morgan fingerprint density at radius 1 is 1.33 bits per heavy atom. The minimum absolute atomic E-state index is 0.0308. The van der Waals surface area contributed by atoms with Crippen molar-refractivity contribution in [2.45, 2.75) is 44.4 Å². The van der Waals surface area contributed by atoms with Crippen molar-refractivity contribution in [1.82, 2.24) is 0 Å². The van der Waals surface area contributed by atoms with Crippen molar-refractivity contribution >= 4 is 0 Å². The van der Waals surface area contributed by atoms with E-state index in [0.29, 0.717) is 12.5 Å². The van der Waals surface area contributed by atoms with Gasteiger partial charge in [0.1, 0.15) is 0 Å². The fraction of sp³-hybridized carbons (Fsp3) is 0.600. The van der Waals surface area contributed by atoms with E-state index in [1.165, 1.54) is 11.1 Å². The standard InChI is InChI=1S/C15H23NO2/c1-10-8-14(18-11(2)9-17-3)15(16)13-7-5-4-6-12(10)13/h4-7,10-11,14-15H,8-9,16H2,1-3H3. The Kier molecular flexibility index (Phi) is 4.38. The Labute approximate surface area is 109 Å². The summed E-state index contributed by atoms with van der Waals surface area (Å²) in [5.74, 6) is 0.501. The van der Waals surface area contributed by atoms with Gasteiger partial charge in [-0.2, -0.15) is 0 Å². The monoisotopic (exact) mass is 249 g/mol. The van der Waals surface area contributed by atoms with E-state index in [9.17, 15) is 0 Å². The lowest BCUT2D eigenvalue weighted by Gasteiger charge is -2.36. The average Bonchev–Trinajstić information content (AvgIpc) is 2.36. The molecule has 0 aromatic heterocycles. The molecule has 4 atom stereocenters. The van der Waals surface area contributed by atoms with Crippen LogP contribution in [-0.4, -0.2) is 25.9 Å². The van der Waals surface area contributed by atoms with Crippen molar-refractivity contribution in [2.75, 3.05) is 13.7 Å². The van der Waals surface area contributed by atoms with Gasteiger partial charge in [-0.05, 0) is 30.4 Å². The smallest absolute Gasteiger partial charge is 0.0785 e. The zero-order chi connectivity index (χ0) is 13.1. The lowest BCUT2D eigenvalue weighted by Crippen LogP contribution is -2.37. The lowest BCUT2D eigenvalue weighted by atomic mass is 9.79. The van der Waals surface area contributed by atoms with Gasteiger partial charge in [-0.3, -0.25) is 0 Å². The van der Waals surface area contributed by atoms with Gasteiger partial charge in [0.25, 0.3) is 0 Å². The van der Waals surface area contributed by atoms with Crippen LogP contribution in [0.1, 0.15) is 43.4 Å². The van der Waals surface area contributed by atoms with Crippen molar-refractivity contribution in [1.29, 1.82) is 0 Å². The van der Waals surface area contributed by atoms with Crippen molar-refractivity contribution < 1.29 is 9.47 Å². The first-order valence-corrected chi connectivity index (χ1v) is 6.62. The average molecular weight is 249 g/mol. The van der Waals surface area contributed by atoms with E-state index >= 15 is 0 Å². The molecule has 0 aliphatic heterocycles. The number of benzene rings is 1. The molecule has 1 aliphatic rings. The lowest BCUT2D eigenvalue weighted by molar-refractivity contribution is -0.0571. The topological polar surface area (TPSA) is 44.5 Å². The highest BCUT2D eigenvalue weighted by Gasteiger charge is 2.32. The summed E-state index contributed by atoms with van der Waals surface area (Å²) in [4.78, 5) is 0. The summed E-state index contributed by atoms with van der Waals surface area (Å²) in [5.41, 5.74) is 8.92. The molecular formula is C15H23NO2. The SMILES string of the molecule is COCC(C)OC1CC(C)c2ccccc2C1N. The van der Waals surface area contributed by atoms with Gasteiger partial charge in [0.2, 0.25) is 0 Å². The molecular weight excluding hydrogens is 226 g/mol. The highest BCUT2D eigenvalue weighted by molar-refractivity contribution is 5.35. The second kappa shape index (κ2) is 5.83. The molecule has 3 heteroatoms. The Balaban J connectivity index is 2.13. The fourth-order valence-corrected chi connectivity index (χ4v) is 2.80. The molecule has 0 spiro atoms. The second-order valence-corrected chi connectivity index (χ2v) is 5.23. The van der Waals surface area contributed by atoms with Gasteiger partial charge in [0, 0.05) is 7.11 Å². The molecule has 100 valence electrons. The number of ether oxygens (including phenoxy) is 2. The highest BCUT2D eigenvalue weighted by Crippen LogP contribution is 2.37. The molecule has 0 fully saturated rings. The molecule has 0 radical (unpaired) electrons. The number of hydrogen-bond donors (Lipinski definition) is 1. The van der Waals surface area contributed by atoms with E-state index in [1.807, 2.05) is 13.0 Å². The number of fused-ring (bicyclic) bond motifs is 1. The van der Waals surface area contributed by atoms with Crippen LogP contribution in [0.15, 0.2) is 24.3 Å². The minimum Gasteiger partial charge on any atom is -0.382 e. The first-order valence-electron chi connectivity index (χ1n) is 6.62. The molecule has 4 unspecified atom stereocenters. The molecule has 2 rings (SSSR count). The van der Waals surface area contributed by atoms with Gasteiger partial charge in [0.15, 0.2) is 0 Å². The number of rotatable bonds is 4. The van der Waals surface area contributed by atoms with Crippen LogP contribution in [-0.2, 0) is 9.47 Å². The van der Waals surface area contributed by atoms with Crippen LogP contribution < -0.4 is 5.73 Å². The summed E-state index contributed by atoms with van der Waals surface area (Å²) in [6.45, 7) is 4.88. The number of methoxy groups -OCH3 is 1. The van der Waals surface area contributed by atoms with E-state index in [-0.39, 0.29) is 18.2 Å². The summed E-state index contributed by atoms with van der Waals surface area (Å²) < 4.78 is 11.1. The van der Waals surface area contributed by atoms with Crippen LogP contribution in [0, 0.1) is 0 Å². The molecule has 1 aliphatic carbocycles. The van der Waals surface area contributed by atoms with E-state index < -0.39 is 0 Å². The van der Waals surface area contributed by atoms with Crippen LogP contribution in [0.25, 0.3) is 0 Å².